The predicted octanol–water partition coefficient (Wildman–Crippen LogP) is 19.9. The summed E-state index contributed by atoms with van der Waals surface area (Å²) in [6.45, 7) is -4.57. The van der Waals surface area contributed by atoms with Gasteiger partial charge in [0.1, 0.15) is 5.82 Å². The zero-order chi connectivity index (χ0) is 68.1. The predicted molar refractivity (Wildman–Crippen MR) is 353 cm³/mol. The Morgan fingerprint density at radius 2 is 0.977 bits per heavy atom. The number of imidazole rings is 1. The molecule has 0 unspecified atom stereocenters. The summed E-state index contributed by atoms with van der Waals surface area (Å²) in [7, 11) is 0. The minimum Gasteiger partial charge on any atom is -0.510 e. The van der Waals surface area contributed by atoms with Crippen molar-refractivity contribution in [3.8, 4) is 90.0 Å². The third-order valence-electron chi connectivity index (χ3n) is 16.9. The van der Waals surface area contributed by atoms with Crippen molar-refractivity contribution in [1.29, 1.82) is 0 Å². The van der Waals surface area contributed by atoms with Crippen molar-refractivity contribution >= 4 is 54.6 Å². The summed E-state index contributed by atoms with van der Waals surface area (Å²) in [6, 6.07) is 76.9. The van der Waals surface area contributed by atoms with Crippen LogP contribution in [0.3, 0.4) is 0 Å². The van der Waals surface area contributed by atoms with Crippen LogP contribution in [0.25, 0.3) is 133 Å². The van der Waals surface area contributed by atoms with Crippen LogP contribution in [0.15, 0.2) is 231 Å². The Hall–Kier alpha value is -9.87. The maximum Gasteiger partial charge on any atom is 0.268 e. The van der Waals surface area contributed by atoms with E-state index in [1.165, 1.54) is 36.4 Å². The molecule has 0 radical (unpaired) electrons. The summed E-state index contributed by atoms with van der Waals surface area (Å²) in [6.07, 6.45) is 5.67. The van der Waals surface area contributed by atoms with Crippen LogP contribution >= 0.6 is 0 Å². The van der Waals surface area contributed by atoms with Crippen molar-refractivity contribution in [2.75, 3.05) is 0 Å². The first-order valence-corrected chi connectivity index (χ1v) is 28.6. The third kappa shape index (κ3) is 8.63. The second-order valence-electron chi connectivity index (χ2n) is 23.1. The number of nitrogens with zero attached hydrogens (tertiary/aromatic N) is 5. The van der Waals surface area contributed by atoms with Gasteiger partial charge in [-0.05, 0) is 176 Å². The van der Waals surface area contributed by atoms with Gasteiger partial charge in [0.2, 0.25) is 0 Å². The van der Waals surface area contributed by atoms with Crippen LogP contribution in [0.1, 0.15) is 65.0 Å². The quantitative estimate of drug-likeness (QED) is 0.118. The summed E-state index contributed by atoms with van der Waals surface area (Å²) >= 11 is 0. The zero-order valence-corrected chi connectivity index (χ0v) is 49.7. The van der Waals surface area contributed by atoms with Gasteiger partial charge in [-0.1, -0.05) is 172 Å². The van der Waals surface area contributed by atoms with Crippen LogP contribution in [0.4, 0.5) is 0 Å². The number of benzene rings is 11. The van der Waals surface area contributed by atoms with E-state index in [2.05, 4.69) is 66.6 Å². The standard InChI is InChI=1S/C80H59N5O.Pt/c1-49-21-18-22-50(2)76(49)53-41-67-61-29-10-8-27-59(61)60-28-9-11-30-62(60)68-42-54(77-51(3)23-19-24-52(77)4)44-74(84-69-34-15-12-31-63(69)64-32-13-16-35-70(64)84)79(68)83-48-82(73(43-53)78(67)83)56-25-20-26-57(46-56)86-58-37-38-66-65-33-14-17-36-71(65)85(72(66)47-58)75-45-55(39-40-81-75)80(5,6)7;/h8-45H,1-7H3;/q-2;/i1D3,2D3,3D3,4D3;. The summed E-state index contributed by atoms with van der Waals surface area (Å²) in [5, 5.41) is 3.80. The van der Waals surface area contributed by atoms with E-state index in [0.29, 0.717) is 73.0 Å². The van der Waals surface area contributed by atoms with Crippen molar-refractivity contribution < 1.29 is 46.8 Å². The molecule has 5 heterocycles. The van der Waals surface area contributed by atoms with Gasteiger partial charge in [0.15, 0.2) is 0 Å². The molecule has 0 bridgehead atoms. The fourth-order valence-electron chi connectivity index (χ4n) is 13.0. The number of ether oxygens (including phenoxy) is 1. The molecule has 15 aromatic rings. The first kappa shape index (κ1) is 42.0. The molecule has 0 N–H and O–H groups in total. The Labute approximate surface area is 538 Å². The van der Waals surface area contributed by atoms with E-state index in [1.807, 2.05) is 179 Å². The normalized spacial score (nSPS) is 14.6. The fourth-order valence-corrected chi connectivity index (χ4v) is 13.0. The minimum atomic E-state index is -2.77. The van der Waals surface area contributed by atoms with E-state index in [4.69, 9.17) is 26.2 Å². The van der Waals surface area contributed by atoms with Gasteiger partial charge in [-0.15, -0.1) is 29.7 Å². The molecule has 0 amide bonds. The second kappa shape index (κ2) is 20.7. The Bertz CT molecular complexity index is 5690. The average molecular weight is 1310 g/mol. The van der Waals surface area contributed by atoms with Gasteiger partial charge in [0.05, 0.1) is 33.4 Å². The van der Waals surface area contributed by atoms with E-state index in [1.54, 1.807) is 6.07 Å². The molecule has 0 aliphatic carbocycles. The van der Waals surface area contributed by atoms with Crippen LogP contribution in [-0.4, -0.2) is 18.7 Å². The van der Waals surface area contributed by atoms with Gasteiger partial charge in [-0.3, -0.25) is 4.57 Å². The minimum absolute atomic E-state index is 0. The topological polar surface area (TPSA) is 40.8 Å². The number of pyridine rings is 1. The molecule has 6 nitrogen and oxygen atoms in total. The molecule has 7 heteroatoms. The summed E-state index contributed by atoms with van der Waals surface area (Å²) in [5.41, 5.74) is 10.9. The molecule has 16 rings (SSSR count). The number of rotatable bonds is 7. The van der Waals surface area contributed by atoms with Gasteiger partial charge >= 0.3 is 0 Å². The number of aromatic nitrogens is 5. The molecule has 1 aliphatic rings. The van der Waals surface area contributed by atoms with Crippen molar-refractivity contribution in [3.63, 3.8) is 0 Å². The molecular weight excluding hydrogens is 1240 g/mol. The average Bonchev–Trinajstić information content (AvgIpc) is 1.58. The molecule has 0 saturated carbocycles. The van der Waals surface area contributed by atoms with Gasteiger partial charge < -0.3 is 18.4 Å². The SMILES string of the molecule is [2H]C([2H])([2H])c1cccc(C([2H])([2H])[2H])c1-c1cc2c(c(-n3c4ccccc4c4ccccc43)c1)-[n+]1[c-]n(-c3[c-]c(Oc4[c-]c5c(cc4)c4ccccc4n5-c4cc(C(C)(C)C)ccn4)ccc3)c3cc(-c4c(C([2H])([2H])[2H])cccc4C([2H])([2H])[2H])cc(c31)-c1ccccc1-c1ccccc1-2.[Pt]. The molecule has 422 valence electrons. The largest absolute Gasteiger partial charge is 0.510 e. The van der Waals surface area contributed by atoms with E-state index in [9.17, 15) is 0 Å². The van der Waals surface area contributed by atoms with Crippen LogP contribution in [-0.2, 0) is 26.5 Å². The Morgan fingerprint density at radius 1 is 0.460 bits per heavy atom. The Kier molecular flexibility index (Phi) is 9.99. The molecular formula is C80H59N5OPt-2. The first-order valence-electron chi connectivity index (χ1n) is 34.6. The summed E-state index contributed by atoms with van der Waals surface area (Å²) in [4.78, 5) is 4.89. The van der Waals surface area contributed by atoms with Crippen LogP contribution < -0.4 is 9.30 Å². The fraction of sp³-hybridized carbons (Fsp3) is 0.100. The van der Waals surface area contributed by atoms with Crippen molar-refractivity contribution in [3.05, 3.63) is 277 Å². The van der Waals surface area contributed by atoms with Crippen LogP contribution in [0, 0.1) is 45.9 Å². The van der Waals surface area contributed by atoms with Crippen molar-refractivity contribution in [1.82, 2.24) is 18.7 Å². The Balaban J connectivity index is 0.00000798. The number of fused-ring (bicyclic) bond motifs is 13. The number of para-hydroxylation sites is 3. The monoisotopic (exact) mass is 1310 g/mol. The molecule has 0 spiro atoms. The smallest absolute Gasteiger partial charge is 0.268 e. The molecule has 0 fully saturated rings. The Morgan fingerprint density at radius 3 is 1.59 bits per heavy atom. The van der Waals surface area contributed by atoms with Gasteiger partial charge in [-0.25, -0.2) is 4.98 Å². The van der Waals surface area contributed by atoms with Gasteiger partial charge in [0, 0.05) is 71.5 Å². The van der Waals surface area contributed by atoms with Crippen molar-refractivity contribution in [2.24, 2.45) is 0 Å². The second-order valence-corrected chi connectivity index (χ2v) is 23.1. The zero-order valence-electron chi connectivity index (χ0n) is 59.4. The molecule has 87 heavy (non-hydrogen) atoms. The summed E-state index contributed by atoms with van der Waals surface area (Å²) < 4.78 is 123. The van der Waals surface area contributed by atoms with E-state index in [-0.39, 0.29) is 59.9 Å². The van der Waals surface area contributed by atoms with Gasteiger partial charge in [0.25, 0.3) is 6.33 Å². The van der Waals surface area contributed by atoms with E-state index < -0.39 is 27.4 Å². The number of hydrogen-bond donors (Lipinski definition) is 0. The van der Waals surface area contributed by atoms with Crippen molar-refractivity contribution in [2.45, 2.75) is 53.6 Å². The molecule has 1 aliphatic heterocycles. The maximum atomic E-state index is 9.02. The van der Waals surface area contributed by atoms with E-state index >= 15 is 0 Å². The maximum absolute atomic E-state index is 9.02. The summed E-state index contributed by atoms with van der Waals surface area (Å²) in [5.74, 6) is 1.42. The van der Waals surface area contributed by atoms with E-state index in [0.717, 1.165) is 66.1 Å². The molecule has 11 aromatic carbocycles. The molecule has 4 aromatic heterocycles. The number of hydrogen-bond acceptors (Lipinski definition) is 2. The number of aryl methyl sites for hydroxylation is 4. The first-order chi connectivity index (χ1) is 46.8. The van der Waals surface area contributed by atoms with Crippen LogP contribution in [0.2, 0.25) is 0 Å². The van der Waals surface area contributed by atoms with Crippen LogP contribution in [0.5, 0.6) is 11.5 Å². The molecule has 0 atom stereocenters. The molecule has 0 saturated heterocycles. The third-order valence-corrected chi connectivity index (χ3v) is 16.9. The van der Waals surface area contributed by atoms with Gasteiger partial charge in [-0.2, -0.15) is 18.2 Å².